The van der Waals surface area contributed by atoms with Gasteiger partial charge in [0.1, 0.15) is 13.6 Å². The second kappa shape index (κ2) is 13.8. The van der Waals surface area contributed by atoms with Gasteiger partial charge in [-0.15, -0.1) is 0 Å². The Hall–Kier alpha value is -2.31. The molecule has 0 N–H and O–H groups in total. The van der Waals surface area contributed by atoms with E-state index < -0.39 is 7.82 Å². The molecule has 4 rings (SSSR count). The molecular weight excluding hydrogens is 494 g/mol. The maximum absolute atomic E-state index is 11.5. The van der Waals surface area contributed by atoms with Crippen LogP contribution in [-0.4, -0.2) is 0 Å². The van der Waals surface area contributed by atoms with E-state index in [0.29, 0.717) is 5.56 Å². The molecule has 0 bridgehead atoms. The minimum absolute atomic E-state index is 0. The predicted octanol–water partition coefficient (Wildman–Crippen LogP) is 3.41. The van der Waals surface area contributed by atoms with Crippen LogP contribution in [0.1, 0.15) is 33.4 Å². The maximum Gasteiger partial charge on any atom is 1.00 e. The average molecular weight is 518 g/mol. The molecule has 0 aliphatic rings. The molecule has 4 aromatic rings. The van der Waals surface area contributed by atoms with Crippen LogP contribution in [0, 0.1) is 0 Å². The number of hydrogen-bond acceptors (Lipinski definition) is 4. The fourth-order valence-electron chi connectivity index (χ4n) is 3.57. The summed E-state index contributed by atoms with van der Waals surface area (Å²) in [6.07, 6.45) is 11.4. The van der Waals surface area contributed by atoms with E-state index in [-0.39, 0.29) is 57.1 Å². The van der Waals surface area contributed by atoms with Gasteiger partial charge in [0.25, 0.3) is 0 Å². The number of rotatable bonds is 8. The molecule has 0 aromatic heterocycles. The summed E-state index contributed by atoms with van der Waals surface area (Å²) >= 11 is 0. The summed E-state index contributed by atoms with van der Waals surface area (Å²) in [5.41, 5.74) is 4.98. The van der Waals surface area contributed by atoms with Gasteiger partial charge in [0.15, 0.2) is 0 Å². The molecule has 0 atom stereocenters. The van der Waals surface area contributed by atoms with Gasteiger partial charge < -0.3 is 18.9 Å². The van der Waals surface area contributed by atoms with E-state index in [1.54, 1.807) is 12.1 Å². The first-order valence-electron chi connectivity index (χ1n) is 11.1. The van der Waals surface area contributed by atoms with Crippen molar-refractivity contribution in [1.29, 1.82) is 0 Å². The molecule has 0 aliphatic carbocycles. The largest absolute Gasteiger partial charge is 1.00 e. The molecule has 0 unspecified atom stereocenters. The molecule has 0 aliphatic heterocycles. The molecule has 0 saturated carbocycles. The van der Waals surface area contributed by atoms with Crippen molar-refractivity contribution in [3.05, 3.63) is 137 Å². The van der Waals surface area contributed by atoms with Crippen molar-refractivity contribution in [2.75, 3.05) is 0 Å². The molecule has 0 heterocycles. The van der Waals surface area contributed by atoms with Gasteiger partial charge in [-0.05, 0) is 33.9 Å². The Morgan fingerprint density at radius 1 is 0.528 bits per heavy atom. The number of benzene rings is 4. The Morgan fingerprint density at radius 3 is 1.39 bits per heavy atom. The summed E-state index contributed by atoms with van der Waals surface area (Å²) in [4.78, 5) is 23.0. The smallest absolute Gasteiger partial charge is 0.780 e. The van der Waals surface area contributed by atoms with E-state index >= 15 is 0 Å². The van der Waals surface area contributed by atoms with Gasteiger partial charge in [-0.1, -0.05) is 134 Å². The molecular formula is C30H23KO4P-. The Morgan fingerprint density at radius 2 is 0.944 bits per heavy atom. The molecule has 4 aromatic carbocycles. The Bertz CT molecular complexity index is 1390. The summed E-state index contributed by atoms with van der Waals surface area (Å²) in [5, 5.41) is 0. The molecule has 0 amide bonds. The third kappa shape index (κ3) is 8.66. The van der Waals surface area contributed by atoms with Crippen molar-refractivity contribution >= 4 is 44.3 Å². The molecule has 4 nitrogen and oxygen atoms in total. The van der Waals surface area contributed by atoms with Crippen LogP contribution in [-0.2, 0) is 4.57 Å². The van der Waals surface area contributed by atoms with Crippen molar-refractivity contribution in [2.45, 2.75) is 0 Å². The fourth-order valence-corrected chi connectivity index (χ4v) is 3.97. The van der Waals surface area contributed by atoms with Gasteiger partial charge in [0.05, 0.1) is 0 Å². The van der Waals surface area contributed by atoms with Gasteiger partial charge in [-0.25, -0.2) is 0 Å². The monoisotopic (exact) mass is 517 g/mol. The van der Waals surface area contributed by atoms with Crippen LogP contribution < -0.4 is 65.7 Å². The first-order chi connectivity index (χ1) is 17.0. The average Bonchev–Trinajstić information content (AvgIpc) is 2.87. The van der Waals surface area contributed by atoms with Gasteiger partial charge in [-0.2, -0.15) is 0 Å². The molecule has 6 heteroatoms. The minimum Gasteiger partial charge on any atom is -0.780 e. The molecule has 0 radical (unpaired) electrons. The molecule has 0 saturated heterocycles. The van der Waals surface area contributed by atoms with Crippen molar-refractivity contribution in [3.8, 4) is 5.75 Å². The summed E-state index contributed by atoms with van der Waals surface area (Å²) < 4.78 is 16.4. The zero-order valence-corrected chi connectivity index (χ0v) is 23.9. The second-order valence-electron chi connectivity index (χ2n) is 7.75. The first-order valence-corrected chi connectivity index (χ1v) is 12.5. The maximum atomic E-state index is 11.5. The quantitative estimate of drug-likeness (QED) is 0.204. The zero-order valence-electron chi connectivity index (χ0n) is 19.9. The zero-order chi connectivity index (χ0) is 24.5. The summed E-state index contributed by atoms with van der Waals surface area (Å²) in [5.74, 6) is -0.0184. The van der Waals surface area contributed by atoms with Crippen LogP contribution in [0.25, 0.3) is 36.5 Å². The van der Waals surface area contributed by atoms with Crippen molar-refractivity contribution in [3.63, 3.8) is 0 Å². The number of phosphoric acid groups is 1. The van der Waals surface area contributed by atoms with Crippen LogP contribution in [0.4, 0.5) is 0 Å². The fraction of sp³-hybridized carbons (Fsp3) is 0. The van der Waals surface area contributed by atoms with E-state index in [1.807, 2.05) is 121 Å². The molecule has 174 valence electrons. The topological polar surface area (TPSA) is 72.4 Å². The van der Waals surface area contributed by atoms with E-state index in [0.717, 1.165) is 27.8 Å². The van der Waals surface area contributed by atoms with Crippen LogP contribution in [0.15, 0.2) is 103 Å². The van der Waals surface area contributed by atoms with Crippen LogP contribution in [0.2, 0.25) is 0 Å². The van der Waals surface area contributed by atoms with E-state index in [2.05, 4.69) is 0 Å². The van der Waals surface area contributed by atoms with Crippen LogP contribution >= 0.6 is 7.82 Å². The first kappa shape index (κ1) is 28.3. The summed E-state index contributed by atoms with van der Waals surface area (Å²) in [6, 6.07) is 32.5. The van der Waals surface area contributed by atoms with Gasteiger partial charge in [0, 0.05) is 5.56 Å². The standard InChI is InChI=1S/C30H25O4P.K/c31-35(32,33)34-30-23-20-27(19-16-24-10-4-1-5-11-24)28(21-17-25-12-6-2-7-13-25)29(30)22-18-26-14-8-3-9-15-26;/h1-23H,(H2,31,32,33);/q;+1/p-2/b19-16+,21-17+,22-18+;. The Labute approximate surface area is 254 Å². The molecule has 0 fully saturated rings. The minimum atomic E-state index is -5.26. The normalized spacial score (nSPS) is 11.7. The second-order valence-corrected chi connectivity index (χ2v) is 8.83. The third-order valence-electron chi connectivity index (χ3n) is 5.23. The summed E-state index contributed by atoms with van der Waals surface area (Å²) in [7, 11) is -5.26. The van der Waals surface area contributed by atoms with Crippen molar-refractivity contribution in [1.82, 2.24) is 0 Å². The Kier molecular flexibility index (Phi) is 10.9. The predicted molar refractivity (Wildman–Crippen MR) is 141 cm³/mol. The van der Waals surface area contributed by atoms with Crippen LogP contribution in [0.3, 0.4) is 0 Å². The van der Waals surface area contributed by atoms with E-state index in [4.69, 9.17) is 4.52 Å². The van der Waals surface area contributed by atoms with Gasteiger partial charge in [-0.3, -0.25) is 0 Å². The molecule has 0 spiro atoms. The number of hydrogen-bond donors (Lipinski definition) is 0. The van der Waals surface area contributed by atoms with Crippen molar-refractivity contribution in [2.24, 2.45) is 0 Å². The van der Waals surface area contributed by atoms with Gasteiger partial charge >= 0.3 is 51.4 Å². The van der Waals surface area contributed by atoms with E-state index in [1.165, 1.54) is 6.07 Å². The summed E-state index contributed by atoms with van der Waals surface area (Å²) in [6.45, 7) is 0. The van der Waals surface area contributed by atoms with Gasteiger partial charge in [0.2, 0.25) is 0 Å². The Balaban J connectivity index is 0.00000361. The van der Waals surface area contributed by atoms with Crippen molar-refractivity contribution < 1.29 is 70.3 Å². The third-order valence-corrected chi connectivity index (χ3v) is 5.65. The molecule has 36 heavy (non-hydrogen) atoms. The van der Waals surface area contributed by atoms with Crippen LogP contribution in [0.5, 0.6) is 5.75 Å². The van der Waals surface area contributed by atoms with E-state index in [9.17, 15) is 14.4 Å². The number of phosphoric ester groups is 1. The SMILES string of the molecule is O=P([O-])([O-])Oc1ccc(/C=C/c2ccccc2)c(/C=C/c2ccccc2)c1/C=C/c1ccccc1.[K+].